The number of Topliss-reactive ketones (excluding diaryl/α,β-unsaturated/α-hetero) is 2. The van der Waals surface area contributed by atoms with Gasteiger partial charge in [0.25, 0.3) is 0 Å². The number of hydrogen-bond acceptors (Lipinski definition) is 4. The van der Waals surface area contributed by atoms with E-state index in [4.69, 9.17) is 9.47 Å². The Kier molecular flexibility index (Phi) is 31.8. The summed E-state index contributed by atoms with van der Waals surface area (Å²) in [7, 11) is 0. The zero-order valence-electron chi connectivity index (χ0n) is 59.0. The summed E-state index contributed by atoms with van der Waals surface area (Å²) in [4.78, 5) is 24.3. The maximum Gasteiger partial charge on any atom is 0.158 e. The van der Waals surface area contributed by atoms with Gasteiger partial charge in [-0.15, -0.1) is 0 Å². The van der Waals surface area contributed by atoms with E-state index in [0.717, 1.165) is 85.2 Å². The SMILES string of the molecule is CCOC1CCC(C)(C)C(/C=C/C(C)=C/C=C/C(C)=C/C=C/C=C(C)/C=C/C=C(C)/C=C/C2=C(C)C(=O)CCC2(C)C)=C1C.CCOC1CCC(C)(C)C(/C=C/C(C)=C/C=C/C(C)=C/C=C/C=C(C)/C=C/C=C(C)/C=C/C2=C(C)C(=O)CCC2(C)C)=C1C. The van der Waals surface area contributed by atoms with Crippen LogP contribution < -0.4 is 0 Å². The fourth-order valence-electron chi connectivity index (χ4n) is 11.7. The van der Waals surface area contributed by atoms with Crippen LogP contribution in [0, 0.1) is 21.7 Å². The van der Waals surface area contributed by atoms with Gasteiger partial charge in [-0.1, -0.05) is 270 Å². The second kappa shape index (κ2) is 36.9. The summed E-state index contributed by atoms with van der Waals surface area (Å²) in [5.41, 5.74) is 19.7. The van der Waals surface area contributed by atoms with Crippen molar-refractivity contribution in [1.29, 1.82) is 0 Å². The average Bonchev–Trinajstić information content (AvgIpc) is 2.20. The third-order valence-electron chi connectivity index (χ3n) is 17.7. The van der Waals surface area contributed by atoms with Gasteiger partial charge in [-0.3, -0.25) is 9.59 Å². The van der Waals surface area contributed by atoms with Crippen molar-refractivity contribution in [2.75, 3.05) is 13.2 Å². The molecule has 0 fully saturated rings. The van der Waals surface area contributed by atoms with E-state index in [-0.39, 0.29) is 45.4 Å². The number of ether oxygens (including phenoxy) is 2. The van der Waals surface area contributed by atoms with Gasteiger partial charge in [0.15, 0.2) is 11.6 Å². The van der Waals surface area contributed by atoms with Crippen LogP contribution in [0.25, 0.3) is 0 Å². The van der Waals surface area contributed by atoms with Gasteiger partial charge in [0.1, 0.15) is 0 Å². The fourth-order valence-corrected chi connectivity index (χ4v) is 11.7. The normalized spacial score (nSPS) is 22.8. The molecular weight excluding hydrogens is 1070 g/mol. The Morgan fingerprint density at radius 3 is 0.841 bits per heavy atom. The summed E-state index contributed by atoms with van der Waals surface area (Å²) in [5, 5.41) is 0. The molecule has 0 saturated heterocycles. The van der Waals surface area contributed by atoms with Crippen LogP contribution in [0.5, 0.6) is 0 Å². The highest BCUT2D eigenvalue weighted by Gasteiger charge is 2.34. The average molecular weight is 1190 g/mol. The van der Waals surface area contributed by atoms with Crippen molar-refractivity contribution in [3.05, 3.63) is 259 Å². The van der Waals surface area contributed by atoms with Gasteiger partial charge in [0, 0.05) is 26.1 Å². The Morgan fingerprint density at radius 2 is 0.580 bits per heavy atom. The maximum atomic E-state index is 12.2. The summed E-state index contributed by atoms with van der Waals surface area (Å²) in [5.74, 6) is 0.554. The first kappa shape index (κ1) is 75.8. The summed E-state index contributed by atoms with van der Waals surface area (Å²) in [6.07, 6.45) is 67.9. The lowest BCUT2D eigenvalue weighted by atomic mass is 9.71. The minimum Gasteiger partial charge on any atom is -0.374 e. The van der Waals surface area contributed by atoms with E-state index < -0.39 is 0 Å². The third-order valence-corrected chi connectivity index (χ3v) is 17.7. The molecule has 4 aliphatic carbocycles. The zero-order valence-corrected chi connectivity index (χ0v) is 59.0. The number of carbonyl (C=O) groups excluding carboxylic acids is 2. The van der Waals surface area contributed by atoms with Crippen LogP contribution in [0.3, 0.4) is 0 Å². The van der Waals surface area contributed by atoms with Gasteiger partial charge in [0.05, 0.1) is 12.2 Å². The highest BCUT2D eigenvalue weighted by Crippen LogP contribution is 2.44. The van der Waals surface area contributed by atoms with Crippen LogP contribution in [0.2, 0.25) is 0 Å². The standard InChI is InChI=1S/2C42H58O2/c2*1-12-44-40-28-30-42(10,11)38(36(40)7)26-24-34(5)22-16-20-32(3)18-14-13-17-31(2)19-15-21-33(4)23-25-37-35(6)39(43)27-29-41(37,8)9/h2*13-26,40H,12,27-30H2,1-11H3/b2*14-13+,19-15+,20-16+,25-23+,26-24+,31-17+,32-18+,33-21+,34-22+. The Labute approximate surface area is 537 Å². The van der Waals surface area contributed by atoms with Gasteiger partial charge in [-0.05, 0) is 202 Å². The Balaban J connectivity index is 0.000000460. The van der Waals surface area contributed by atoms with Crippen molar-refractivity contribution in [3.63, 3.8) is 0 Å². The van der Waals surface area contributed by atoms with E-state index in [1.807, 2.05) is 13.8 Å². The topological polar surface area (TPSA) is 52.6 Å². The first-order valence-corrected chi connectivity index (χ1v) is 32.7. The molecule has 0 saturated carbocycles. The highest BCUT2D eigenvalue weighted by atomic mass is 16.5. The van der Waals surface area contributed by atoms with Crippen molar-refractivity contribution in [1.82, 2.24) is 0 Å². The molecule has 2 unspecified atom stereocenters. The minimum atomic E-state index is 0.0456. The first-order valence-electron chi connectivity index (χ1n) is 32.7. The molecule has 0 aromatic rings. The van der Waals surface area contributed by atoms with Gasteiger partial charge < -0.3 is 9.47 Å². The number of carbonyl (C=O) groups is 2. The maximum absolute atomic E-state index is 12.2. The molecule has 0 amide bonds. The molecule has 4 rings (SSSR count). The molecule has 0 spiro atoms. The molecule has 0 bridgehead atoms. The molecule has 0 N–H and O–H groups in total. The molecule has 476 valence electrons. The molecule has 4 heteroatoms. The van der Waals surface area contributed by atoms with E-state index in [1.165, 1.54) is 55.7 Å². The molecule has 0 radical (unpaired) electrons. The fraction of sp³-hybridized carbons (Fsp3) is 0.452. The largest absolute Gasteiger partial charge is 0.374 e. The molecule has 0 heterocycles. The lowest BCUT2D eigenvalue weighted by Crippen LogP contribution is -2.29. The quantitative estimate of drug-likeness (QED) is 0.0904. The third kappa shape index (κ3) is 25.9. The number of hydrogen-bond donors (Lipinski definition) is 0. The summed E-state index contributed by atoms with van der Waals surface area (Å²) in [6, 6.07) is 0. The smallest absolute Gasteiger partial charge is 0.158 e. The monoisotopic (exact) mass is 1190 g/mol. The Morgan fingerprint density at radius 1 is 0.352 bits per heavy atom. The molecule has 2 atom stereocenters. The molecular formula is C84H116O4. The number of allylic oxidation sites excluding steroid dienone is 42. The predicted molar refractivity (Wildman–Crippen MR) is 385 cm³/mol. The van der Waals surface area contributed by atoms with Crippen molar-refractivity contribution in [3.8, 4) is 0 Å². The zero-order chi connectivity index (χ0) is 65.8. The van der Waals surface area contributed by atoms with Crippen molar-refractivity contribution < 1.29 is 19.1 Å². The molecule has 88 heavy (non-hydrogen) atoms. The summed E-state index contributed by atoms with van der Waals surface area (Å²) < 4.78 is 12.0. The van der Waals surface area contributed by atoms with Gasteiger partial charge in [0.2, 0.25) is 0 Å². The van der Waals surface area contributed by atoms with Crippen LogP contribution in [-0.4, -0.2) is 37.0 Å². The number of ketones is 2. The van der Waals surface area contributed by atoms with Crippen LogP contribution in [-0.2, 0) is 19.1 Å². The Bertz CT molecular complexity index is 2940. The van der Waals surface area contributed by atoms with E-state index in [9.17, 15) is 9.59 Å². The van der Waals surface area contributed by atoms with E-state index in [1.54, 1.807) is 0 Å². The van der Waals surface area contributed by atoms with Crippen molar-refractivity contribution in [2.24, 2.45) is 21.7 Å². The van der Waals surface area contributed by atoms with E-state index in [2.05, 4.69) is 309 Å². The second-order valence-electron chi connectivity index (χ2n) is 27.4. The molecule has 4 aliphatic rings. The molecule has 0 aromatic carbocycles. The van der Waals surface area contributed by atoms with E-state index >= 15 is 0 Å². The molecule has 4 nitrogen and oxygen atoms in total. The van der Waals surface area contributed by atoms with Crippen LogP contribution in [0.1, 0.15) is 204 Å². The first-order chi connectivity index (χ1) is 41.3. The minimum absolute atomic E-state index is 0.0456. The number of rotatable bonds is 24. The highest BCUT2D eigenvalue weighted by molar-refractivity contribution is 5.98. The molecule has 0 aromatic heterocycles. The van der Waals surface area contributed by atoms with Crippen LogP contribution in [0.15, 0.2) is 259 Å². The summed E-state index contributed by atoms with van der Waals surface area (Å²) >= 11 is 0. The molecule has 0 aliphatic heterocycles. The lowest BCUT2D eigenvalue weighted by molar-refractivity contribution is -0.117. The van der Waals surface area contributed by atoms with E-state index in [0.29, 0.717) is 12.8 Å². The Hall–Kier alpha value is -6.46. The van der Waals surface area contributed by atoms with Crippen LogP contribution >= 0.6 is 0 Å². The predicted octanol–water partition coefficient (Wildman–Crippen LogP) is 23.6. The summed E-state index contributed by atoms with van der Waals surface area (Å²) in [6.45, 7) is 49.2. The van der Waals surface area contributed by atoms with Crippen molar-refractivity contribution >= 4 is 11.6 Å². The second-order valence-corrected chi connectivity index (χ2v) is 27.4. The van der Waals surface area contributed by atoms with Gasteiger partial charge in [-0.2, -0.15) is 0 Å². The van der Waals surface area contributed by atoms with Gasteiger partial charge in [-0.25, -0.2) is 0 Å². The van der Waals surface area contributed by atoms with Crippen molar-refractivity contribution in [2.45, 2.75) is 216 Å². The van der Waals surface area contributed by atoms with Gasteiger partial charge >= 0.3 is 0 Å². The van der Waals surface area contributed by atoms with Crippen LogP contribution in [0.4, 0.5) is 0 Å². The lowest BCUT2D eigenvalue weighted by Gasteiger charge is -2.37.